The molecule has 0 unspecified atom stereocenters. The number of nitrogens with one attached hydrogen (secondary N) is 2. The predicted molar refractivity (Wildman–Crippen MR) is 75.6 cm³/mol. The molecular formula is C11H15N5O2S. The van der Waals surface area contributed by atoms with Gasteiger partial charge in [0.25, 0.3) is 5.56 Å². The molecule has 19 heavy (non-hydrogen) atoms. The third-order valence-electron chi connectivity index (χ3n) is 2.64. The maximum Gasteiger partial charge on any atom is 0.330 e. The molecule has 0 fully saturated rings. The Morgan fingerprint density at radius 1 is 1.53 bits per heavy atom. The van der Waals surface area contributed by atoms with Gasteiger partial charge < -0.3 is 11.1 Å². The van der Waals surface area contributed by atoms with Gasteiger partial charge in [0.2, 0.25) is 0 Å². The highest BCUT2D eigenvalue weighted by atomic mass is 32.1. The molecule has 0 bridgehead atoms. The molecule has 0 saturated heterocycles. The summed E-state index contributed by atoms with van der Waals surface area (Å²) in [7, 11) is 0. The van der Waals surface area contributed by atoms with Crippen molar-refractivity contribution in [3.8, 4) is 0 Å². The van der Waals surface area contributed by atoms with Crippen LogP contribution in [0.5, 0.6) is 0 Å². The van der Waals surface area contributed by atoms with Crippen LogP contribution in [0.25, 0.3) is 0 Å². The molecule has 0 spiro atoms. The van der Waals surface area contributed by atoms with Crippen LogP contribution in [-0.2, 0) is 13.1 Å². The van der Waals surface area contributed by atoms with Gasteiger partial charge in [0.05, 0.1) is 6.54 Å². The maximum absolute atomic E-state index is 11.7. The molecule has 0 aliphatic heterocycles. The van der Waals surface area contributed by atoms with Gasteiger partial charge in [-0.05, 0) is 13.8 Å². The van der Waals surface area contributed by atoms with Crippen molar-refractivity contribution in [1.82, 2.24) is 14.5 Å². The molecule has 2 rings (SSSR count). The molecule has 0 aliphatic rings. The van der Waals surface area contributed by atoms with Crippen LogP contribution in [0, 0.1) is 6.92 Å². The van der Waals surface area contributed by atoms with Gasteiger partial charge >= 0.3 is 5.69 Å². The Bertz CT molecular complexity index is 700. The number of hydrogen-bond donors (Lipinski definition) is 3. The molecule has 2 aromatic rings. The van der Waals surface area contributed by atoms with E-state index in [0.29, 0.717) is 13.1 Å². The molecule has 4 N–H and O–H groups in total. The third-order valence-corrected chi connectivity index (χ3v) is 3.61. The summed E-state index contributed by atoms with van der Waals surface area (Å²) in [5, 5.41) is 5.71. The minimum absolute atomic E-state index is 0.143. The first-order chi connectivity index (χ1) is 9.02. The first kappa shape index (κ1) is 13.3. The minimum atomic E-state index is -0.513. The highest BCUT2D eigenvalue weighted by Crippen LogP contribution is 2.14. The van der Waals surface area contributed by atoms with E-state index in [4.69, 9.17) is 5.73 Å². The number of nitrogens with zero attached hydrogens (tertiary/aromatic N) is 2. The molecule has 102 valence electrons. The SMILES string of the molecule is CCn1c(N)c(NCc2nc(C)cs2)c(=O)[nH]c1=O. The highest BCUT2D eigenvalue weighted by Gasteiger charge is 2.11. The smallest absolute Gasteiger partial charge is 0.330 e. The number of rotatable bonds is 4. The van der Waals surface area contributed by atoms with Gasteiger partial charge in [0, 0.05) is 17.6 Å². The lowest BCUT2D eigenvalue weighted by atomic mass is 10.4. The molecule has 8 heteroatoms. The normalized spacial score (nSPS) is 10.6. The molecule has 0 amide bonds. The zero-order valence-corrected chi connectivity index (χ0v) is 11.5. The summed E-state index contributed by atoms with van der Waals surface area (Å²) in [4.78, 5) is 29.8. The number of aromatic nitrogens is 3. The fraction of sp³-hybridized carbons (Fsp3) is 0.364. The van der Waals surface area contributed by atoms with Crippen LogP contribution in [0.3, 0.4) is 0 Å². The van der Waals surface area contributed by atoms with Crippen molar-refractivity contribution in [2.24, 2.45) is 0 Å². The summed E-state index contributed by atoms with van der Waals surface area (Å²) in [6, 6.07) is 0. The number of nitrogen functional groups attached to an aromatic ring is 1. The van der Waals surface area contributed by atoms with Gasteiger partial charge in [0.1, 0.15) is 16.5 Å². The van der Waals surface area contributed by atoms with E-state index < -0.39 is 11.2 Å². The van der Waals surface area contributed by atoms with E-state index in [-0.39, 0.29) is 11.5 Å². The summed E-state index contributed by atoms with van der Waals surface area (Å²) in [6.07, 6.45) is 0. The van der Waals surface area contributed by atoms with Crippen molar-refractivity contribution in [3.63, 3.8) is 0 Å². The molecule has 0 aliphatic carbocycles. The first-order valence-electron chi connectivity index (χ1n) is 5.80. The summed E-state index contributed by atoms with van der Waals surface area (Å²) in [5.41, 5.74) is 5.95. The van der Waals surface area contributed by atoms with Crippen molar-refractivity contribution in [1.29, 1.82) is 0 Å². The van der Waals surface area contributed by atoms with Gasteiger partial charge in [-0.1, -0.05) is 0 Å². The summed E-state index contributed by atoms with van der Waals surface area (Å²) >= 11 is 1.50. The molecule has 0 aromatic carbocycles. The van der Waals surface area contributed by atoms with E-state index in [0.717, 1.165) is 10.7 Å². The fourth-order valence-corrected chi connectivity index (χ4v) is 2.43. The zero-order chi connectivity index (χ0) is 14.0. The molecule has 2 aromatic heterocycles. The van der Waals surface area contributed by atoms with Gasteiger partial charge in [-0.15, -0.1) is 11.3 Å². The molecule has 0 saturated carbocycles. The predicted octanol–water partition coefficient (Wildman–Crippen LogP) is 0.516. The van der Waals surface area contributed by atoms with E-state index in [1.54, 1.807) is 6.92 Å². The van der Waals surface area contributed by atoms with Crippen molar-refractivity contribution < 1.29 is 0 Å². The van der Waals surface area contributed by atoms with Crippen molar-refractivity contribution in [3.05, 3.63) is 36.9 Å². The van der Waals surface area contributed by atoms with Crippen molar-refractivity contribution >= 4 is 22.8 Å². The Kier molecular flexibility index (Phi) is 3.70. The van der Waals surface area contributed by atoms with Crippen LogP contribution in [0.4, 0.5) is 11.5 Å². The topological polar surface area (TPSA) is 106 Å². The monoisotopic (exact) mass is 281 g/mol. The second-order valence-corrected chi connectivity index (χ2v) is 4.94. The fourth-order valence-electron chi connectivity index (χ4n) is 1.72. The maximum atomic E-state index is 11.7. The standard InChI is InChI=1S/C11H15N5O2S/c1-3-16-9(12)8(10(17)15-11(16)18)13-4-7-14-6(2)5-19-7/h5,13H,3-4,12H2,1-2H3,(H,15,17,18). The Morgan fingerprint density at radius 2 is 2.26 bits per heavy atom. The highest BCUT2D eigenvalue weighted by molar-refractivity contribution is 7.09. The van der Waals surface area contributed by atoms with Crippen molar-refractivity contribution in [2.75, 3.05) is 11.1 Å². The lowest BCUT2D eigenvalue weighted by Gasteiger charge is -2.11. The minimum Gasteiger partial charge on any atom is -0.383 e. The van der Waals surface area contributed by atoms with Crippen LogP contribution in [0.1, 0.15) is 17.6 Å². The van der Waals surface area contributed by atoms with E-state index >= 15 is 0 Å². The summed E-state index contributed by atoms with van der Waals surface area (Å²) < 4.78 is 1.30. The zero-order valence-electron chi connectivity index (χ0n) is 10.7. The second kappa shape index (κ2) is 5.27. The number of thiazole rings is 1. The van der Waals surface area contributed by atoms with E-state index in [2.05, 4.69) is 15.3 Å². The Balaban J connectivity index is 2.30. The molecule has 0 atom stereocenters. The average molecular weight is 281 g/mol. The second-order valence-electron chi connectivity index (χ2n) is 4.00. The van der Waals surface area contributed by atoms with Crippen LogP contribution in [0.15, 0.2) is 15.0 Å². The summed E-state index contributed by atoms with van der Waals surface area (Å²) in [6.45, 7) is 4.47. The molecule has 2 heterocycles. The lowest BCUT2D eigenvalue weighted by Crippen LogP contribution is -2.33. The first-order valence-corrected chi connectivity index (χ1v) is 6.68. The molecular weight excluding hydrogens is 266 g/mol. The van der Waals surface area contributed by atoms with Gasteiger partial charge in [-0.25, -0.2) is 9.78 Å². The van der Waals surface area contributed by atoms with E-state index in [9.17, 15) is 9.59 Å². The van der Waals surface area contributed by atoms with Crippen molar-refractivity contribution in [2.45, 2.75) is 26.9 Å². The summed E-state index contributed by atoms with van der Waals surface area (Å²) in [5.74, 6) is 0.143. The molecule has 0 radical (unpaired) electrons. The van der Waals surface area contributed by atoms with Gasteiger partial charge in [-0.3, -0.25) is 14.3 Å². The van der Waals surface area contributed by atoms with Crippen LogP contribution in [0.2, 0.25) is 0 Å². The van der Waals surface area contributed by atoms with Gasteiger partial charge in [-0.2, -0.15) is 0 Å². The number of aryl methyl sites for hydroxylation is 1. The quantitative estimate of drug-likeness (QED) is 0.757. The largest absolute Gasteiger partial charge is 0.383 e. The number of aromatic amines is 1. The lowest BCUT2D eigenvalue weighted by molar-refractivity contribution is 0.706. The van der Waals surface area contributed by atoms with Crippen LogP contribution < -0.4 is 22.3 Å². The van der Waals surface area contributed by atoms with Gasteiger partial charge in [0.15, 0.2) is 0 Å². The number of hydrogen-bond acceptors (Lipinski definition) is 6. The number of H-pyrrole nitrogens is 1. The number of anilines is 2. The Labute approximate surface area is 113 Å². The van der Waals surface area contributed by atoms with E-state index in [1.165, 1.54) is 15.9 Å². The average Bonchev–Trinajstić information content (AvgIpc) is 2.75. The Morgan fingerprint density at radius 3 is 2.84 bits per heavy atom. The van der Waals surface area contributed by atoms with Crippen LogP contribution in [-0.4, -0.2) is 14.5 Å². The Hall–Kier alpha value is -2.09. The third kappa shape index (κ3) is 2.68. The van der Waals surface area contributed by atoms with E-state index in [1.807, 2.05) is 12.3 Å². The molecule has 7 nitrogen and oxygen atoms in total. The van der Waals surface area contributed by atoms with Crippen LogP contribution >= 0.6 is 11.3 Å². The number of nitrogens with two attached hydrogens (primary N) is 1.